The zero-order valence-electron chi connectivity index (χ0n) is 18.5. The van der Waals surface area contributed by atoms with Crippen LogP contribution in [0.4, 0.5) is 5.69 Å². The molecule has 0 heterocycles. The fourth-order valence-corrected chi connectivity index (χ4v) is 4.56. The van der Waals surface area contributed by atoms with Crippen LogP contribution in [0, 0.1) is 0 Å². The van der Waals surface area contributed by atoms with Crippen molar-refractivity contribution < 1.29 is 22.7 Å². The number of benzene rings is 3. The first kappa shape index (κ1) is 25.4. The number of anilines is 1. The van der Waals surface area contributed by atoms with Gasteiger partial charge in [-0.2, -0.15) is 4.72 Å². The highest BCUT2D eigenvalue weighted by atomic mass is 35.5. The molecule has 3 aromatic carbocycles. The number of rotatable bonds is 10. The van der Waals surface area contributed by atoms with Crippen molar-refractivity contribution in [1.82, 2.24) is 4.72 Å². The number of hydrogen-bond acceptors (Lipinski definition) is 5. The Bertz CT molecular complexity index is 1210. The molecule has 7 nitrogen and oxygen atoms in total. The summed E-state index contributed by atoms with van der Waals surface area (Å²) in [4.78, 5) is 24.9. The van der Waals surface area contributed by atoms with Gasteiger partial charge in [0, 0.05) is 10.7 Å². The van der Waals surface area contributed by atoms with Gasteiger partial charge in [0.25, 0.3) is 0 Å². The Kier molecular flexibility index (Phi) is 8.81. The second-order valence-corrected chi connectivity index (χ2v) is 9.59. The van der Waals surface area contributed by atoms with Crippen LogP contribution in [0.2, 0.25) is 5.02 Å². The number of ether oxygens (including phenoxy) is 1. The van der Waals surface area contributed by atoms with Crippen molar-refractivity contribution in [3.8, 4) is 0 Å². The van der Waals surface area contributed by atoms with E-state index in [1.807, 2.05) is 30.3 Å². The topological polar surface area (TPSA) is 102 Å². The molecule has 1 amide bonds. The normalized spacial score (nSPS) is 12.1. The summed E-state index contributed by atoms with van der Waals surface area (Å²) in [5.74, 6) is -0.978. The quantitative estimate of drug-likeness (QED) is 0.401. The van der Waals surface area contributed by atoms with Crippen molar-refractivity contribution in [1.29, 1.82) is 0 Å². The molecule has 0 aliphatic rings. The van der Waals surface area contributed by atoms with Crippen molar-refractivity contribution in [2.45, 2.75) is 30.7 Å². The van der Waals surface area contributed by atoms with Gasteiger partial charge in [-0.3, -0.25) is 4.79 Å². The molecule has 0 fully saturated rings. The summed E-state index contributed by atoms with van der Waals surface area (Å²) in [6, 6.07) is 20.3. The molecule has 34 heavy (non-hydrogen) atoms. The van der Waals surface area contributed by atoms with Crippen molar-refractivity contribution >= 4 is 39.2 Å². The molecule has 178 valence electrons. The van der Waals surface area contributed by atoms with Gasteiger partial charge in [0.15, 0.2) is 0 Å². The van der Waals surface area contributed by atoms with Crippen LogP contribution in [0.3, 0.4) is 0 Å². The highest BCUT2D eigenvalue weighted by Gasteiger charge is 2.26. The summed E-state index contributed by atoms with van der Waals surface area (Å²) in [6.45, 7) is 1.97. The predicted molar refractivity (Wildman–Crippen MR) is 131 cm³/mol. The Morgan fingerprint density at radius 2 is 1.59 bits per heavy atom. The molecule has 0 radical (unpaired) electrons. The van der Waals surface area contributed by atoms with Crippen molar-refractivity contribution in [3.63, 3.8) is 0 Å². The summed E-state index contributed by atoms with van der Waals surface area (Å²) < 4.78 is 33.3. The minimum atomic E-state index is -3.97. The summed E-state index contributed by atoms with van der Waals surface area (Å²) in [6.07, 6.45) is 0.730. The zero-order chi connectivity index (χ0) is 24.6. The molecule has 1 unspecified atom stereocenters. The fraction of sp³-hybridized carbons (Fsp3) is 0.200. The van der Waals surface area contributed by atoms with E-state index in [0.717, 1.165) is 5.56 Å². The number of carbonyl (C=O) groups is 2. The maximum Gasteiger partial charge on any atom is 0.338 e. The van der Waals surface area contributed by atoms with Crippen LogP contribution in [-0.4, -0.2) is 32.9 Å². The highest BCUT2D eigenvalue weighted by Crippen LogP contribution is 2.17. The van der Waals surface area contributed by atoms with E-state index in [4.69, 9.17) is 16.3 Å². The molecule has 0 saturated carbocycles. The van der Waals surface area contributed by atoms with Gasteiger partial charge in [-0.25, -0.2) is 13.2 Å². The molecule has 0 saturated heterocycles. The van der Waals surface area contributed by atoms with E-state index in [-0.39, 0.29) is 17.9 Å². The average molecular weight is 501 g/mol. The fourth-order valence-electron chi connectivity index (χ4n) is 3.20. The van der Waals surface area contributed by atoms with Gasteiger partial charge in [-0.05, 0) is 73.9 Å². The van der Waals surface area contributed by atoms with Crippen LogP contribution in [0.5, 0.6) is 0 Å². The maximum absolute atomic E-state index is 13.1. The van der Waals surface area contributed by atoms with Gasteiger partial charge in [0.2, 0.25) is 15.9 Å². The summed E-state index contributed by atoms with van der Waals surface area (Å²) in [7, 11) is -3.97. The third-order valence-electron chi connectivity index (χ3n) is 4.97. The molecular formula is C25H25ClN2O5S. The molecule has 3 rings (SSSR count). The molecule has 9 heteroatoms. The zero-order valence-corrected chi connectivity index (χ0v) is 20.1. The lowest BCUT2D eigenvalue weighted by Gasteiger charge is -2.19. The molecule has 2 N–H and O–H groups in total. The van der Waals surface area contributed by atoms with E-state index in [9.17, 15) is 18.0 Å². The standard InChI is InChI=1S/C25H25ClN2O5S/c1-2-33-25(30)19-9-13-21(14-10-19)27-24(29)23(17-8-18-6-4-3-5-7-18)28-34(31,32)22-15-11-20(26)12-16-22/h3-7,9-16,23,28H,2,8,17H2,1H3,(H,27,29). The Balaban J connectivity index is 1.77. The number of amides is 1. The molecule has 0 bridgehead atoms. The van der Waals surface area contributed by atoms with E-state index >= 15 is 0 Å². The number of hydrogen-bond donors (Lipinski definition) is 2. The van der Waals surface area contributed by atoms with Gasteiger partial charge in [0.1, 0.15) is 6.04 Å². The van der Waals surface area contributed by atoms with Gasteiger partial charge < -0.3 is 10.1 Å². The van der Waals surface area contributed by atoms with E-state index in [0.29, 0.717) is 22.7 Å². The van der Waals surface area contributed by atoms with E-state index in [1.54, 1.807) is 19.1 Å². The maximum atomic E-state index is 13.1. The van der Waals surface area contributed by atoms with Gasteiger partial charge in [-0.15, -0.1) is 0 Å². The number of nitrogens with one attached hydrogen (secondary N) is 2. The lowest BCUT2D eigenvalue weighted by atomic mass is 10.1. The van der Waals surface area contributed by atoms with Gasteiger partial charge >= 0.3 is 5.97 Å². The Labute approximate surface area is 204 Å². The molecule has 0 aliphatic carbocycles. The Hall–Kier alpha value is -3.20. The van der Waals surface area contributed by atoms with Crippen LogP contribution < -0.4 is 10.0 Å². The first-order chi connectivity index (χ1) is 16.3. The Morgan fingerprint density at radius 3 is 2.21 bits per heavy atom. The number of aryl methyl sites for hydroxylation is 1. The predicted octanol–water partition coefficient (Wildman–Crippen LogP) is 4.44. The number of sulfonamides is 1. The van der Waals surface area contributed by atoms with E-state index in [2.05, 4.69) is 10.0 Å². The van der Waals surface area contributed by atoms with Gasteiger partial charge in [-0.1, -0.05) is 41.9 Å². The molecular weight excluding hydrogens is 476 g/mol. The van der Waals surface area contributed by atoms with Crippen LogP contribution in [0.15, 0.2) is 83.8 Å². The number of esters is 1. The second-order valence-electron chi connectivity index (χ2n) is 7.44. The SMILES string of the molecule is CCOC(=O)c1ccc(NC(=O)C(CCc2ccccc2)NS(=O)(=O)c2ccc(Cl)cc2)cc1. The van der Waals surface area contributed by atoms with Crippen LogP contribution in [-0.2, 0) is 26.0 Å². The van der Waals surface area contributed by atoms with Crippen LogP contribution in [0.25, 0.3) is 0 Å². The Morgan fingerprint density at radius 1 is 0.941 bits per heavy atom. The highest BCUT2D eigenvalue weighted by molar-refractivity contribution is 7.89. The van der Waals surface area contributed by atoms with Crippen LogP contribution in [0.1, 0.15) is 29.3 Å². The third-order valence-corrected chi connectivity index (χ3v) is 6.71. The molecule has 0 spiro atoms. The second kappa shape index (κ2) is 11.8. The third kappa shape index (κ3) is 7.15. The molecule has 0 aromatic heterocycles. The first-order valence-electron chi connectivity index (χ1n) is 10.7. The minimum absolute atomic E-state index is 0.00759. The molecule has 3 aromatic rings. The van der Waals surface area contributed by atoms with E-state index < -0.39 is 27.9 Å². The lowest BCUT2D eigenvalue weighted by Crippen LogP contribution is -2.44. The van der Waals surface area contributed by atoms with Gasteiger partial charge in [0.05, 0.1) is 17.1 Å². The molecule has 0 aliphatic heterocycles. The van der Waals surface area contributed by atoms with Crippen molar-refractivity contribution in [3.05, 3.63) is 95.0 Å². The average Bonchev–Trinajstić information content (AvgIpc) is 2.83. The van der Waals surface area contributed by atoms with E-state index in [1.165, 1.54) is 36.4 Å². The van der Waals surface area contributed by atoms with Crippen molar-refractivity contribution in [2.75, 3.05) is 11.9 Å². The monoisotopic (exact) mass is 500 g/mol. The number of carbonyl (C=O) groups excluding carboxylic acids is 2. The lowest BCUT2D eigenvalue weighted by molar-refractivity contribution is -0.117. The van der Waals surface area contributed by atoms with Crippen molar-refractivity contribution in [2.24, 2.45) is 0 Å². The van der Waals surface area contributed by atoms with Crippen LogP contribution >= 0.6 is 11.6 Å². The first-order valence-corrected chi connectivity index (χ1v) is 12.5. The largest absolute Gasteiger partial charge is 0.462 e. The molecule has 1 atom stereocenters. The summed E-state index contributed by atoms with van der Waals surface area (Å²) in [5, 5.41) is 3.13. The minimum Gasteiger partial charge on any atom is -0.462 e. The number of halogens is 1. The smallest absolute Gasteiger partial charge is 0.338 e. The summed E-state index contributed by atoms with van der Waals surface area (Å²) >= 11 is 5.87. The summed E-state index contributed by atoms with van der Waals surface area (Å²) in [5.41, 5.74) is 1.75.